The summed E-state index contributed by atoms with van der Waals surface area (Å²) in [5.41, 5.74) is 1.50. The smallest absolute Gasteiger partial charge is 0.320 e. The number of carbonyl (C=O) groups is 1. The number of carbonyl (C=O) groups excluding carboxylic acids is 1. The Balaban J connectivity index is 1.52. The molecule has 0 spiro atoms. The van der Waals surface area contributed by atoms with Crippen molar-refractivity contribution in [1.29, 1.82) is 0 Å². The molecule has 0 N–H and O–H groups in total. The number of aliphatic imine (C=N–C) groups is 2. The van der Waals surface area contributed by atoms with Crippen LogP contribution in [0.2, 0.25) is 0 Å². The van der Waals surface area contributed by atoms with Crippen LogP contribution < -0.4 is 14.7 Å². The number of nitrogens with zero attached hydrogens (tertiary/aromatic N) is 6. The number of thioether (sulfide) groups is 1. The molecule has 33 heavy (non-hydrogen) atoms. The molecule has 0 fully saturated rings. The molecule has 11 heteroatoms. The number of aromatic nitrogens is 3. The van der Waals surface area contributed by atoms with Crippen molar-refractivity contribution < 1.29 is 23.8 Å². The van der Waals surface area contributed by atoms with E-state index in [1.807, 2.05) is 24.3 Å². The van der Waals surface area contributed by atoms with Gasteiger partial charge in [0, 0.05) is 19.1 Å². The molecule has 2 aromatic heterocycles. The minimum absolute atomic E-state index is 0.0366. The van der Waals surface area contributed by atoms with Gasteiger partial charge in [-0.1, -0.05) is 36.0 Å². The predicted octanol–water partition coefficient (Wildman–Crippen LogP) is 1.57. The number of pyridine rings is 1. The quantitative estimate of drug-likeness (QED) is 0.215. The lowest BCUT2D eigenvalue weighted by molar-refractivity contribution is -0.763. The van der Waals surface area contributed by atoms with E-state index in [2.05, 4.69) is 20.2 Å². The van der Waals surface area contributed by atoms with Gasteiger partial charge in [0.1, 0.15) is 12.3 Å². The predicted molar refractivity (Wildman–Crippen MR) is 122 cm³/mol. The van der Waals surface area contributed by atoms with Crippen LogP contribution in [0, 0.1) is 0 Å². The summed E-state index contributed by atoms with van der Waals surface area (Å²) >= 11 is 1.11. The van der Waals surface area contributed by atoms with Crippen molar-refractivity contribution in [2.24, 2.45) is 9.98 Å². The van der Waals surface area contributed by atoms with Crippen molar-refractivity contribution in [3.05, 3.63) is 72.3 Å². The largest absolute Gasteiger partial charge is 0.861 e. The zero-order valence-corrected chi connectivity index (χ0v) is 18.5. The summed E-state index contributed by atoms with van der Waals surface area (Å²) in [6.45, 7) is 0.937. The SMILES string of the molecule is COCC[n+]1cc(/N=C(/[O-])CSC2=N/C(=C/c3ccccn3)C(=O)N2c2ccccc2)on1. The molecule has 0 radical (unpaired) electrons. The fourth-order valence-electron chi connectivity index (χ4n) is 2.89. The van der Waals surface area contributed by atoms with Crippen molar-refractivity contribution in [2.75, 3.05) is 24.4 Å². The number of para-hydroxylation sites is 1. The molecule has 10 nitrogen and oxygen atoms in total. The number of hydrogen-bond donors (Lipinski definition) is 0. The number of anilines is 1. The molecule has 1 aliphatic heterocycles. The Bertz CT molecular complexity index is 1190. The van der Waals surface area contributed by atoms with Crippen molar-refractivity contribution in [3.63, 3.8) is 0 Å². The number of amidine groups is 1. The maximum atomic E-state index is 13.1. The first kappa shape index (κ1) is 22.4. The Morgan fingerprint density at radius 1 is 1.27 bits per heavy atom. The molecule has 1 amide bonds. The van der Waals surface area contributed by atoms with Crippen LogP contribution in [-0.4, -0.2) is 46.7 Å². The van der Waals surface area contributed by atoms with Crippen LogP contribution in [0.5, 0.6) is 0 Å². The average Bonchev–Trinajstić information content (AvgIpc) is 3.41. The summed E-state index contributed by atoms with van der Waals surface area (Å²) < 4.78 is 11.5. The molecular formula is C22H20N6O4S. The minimum Gasteiger partial charge on any atom is -0.861 e. The summed E-state index contributed by atoms with van der Waals surface area (Å²) in [4.78, 5) is 27.2. The molecule has 1 aliphatic rings. The Labute approximate surface area is 193 Å². The van der Waals surface area contributed by atoms with Crippen molar-refractivity contribution >= 4 is 46.4 Å². The second-order valence-corrected chi connectivity index (χ2v) is 7.69. The van der Waals surface area contributed by atoms with Crippen LogP contribution in [0.15, 0.2) is 81.1 Å². The third kappa shape index (κ3) is 5.70. The monoisotopic (exact) mass is 464 g/mol. The Morgan fingerprint density at radius 2 is 2.09 bits per heavy atom. The molecule has 0 saturated carbocycles. The second-order valence-electron chi connectivity index (χ2n) is 6.75. The lowest BCUT2D eigenvalue weighted by atomic mass is 10.2. The van der Waals surface area contributed by atoms with E-state index in [9.17, 15) is 9.90 Å². The van der Waals surface area contributed by atoms with E-state index in [0.717, 1.165) is 11.8 Å². The second kappa shape index (κ2) is 10.7. The van der Waals surface area contributed by atoms with Crippen LogP contribution in [0.3, 0.4) is 0 Å². The first-order valence-electron chi connectivity index (χ1n) is 9.98. The van der Waals surface area contributed by atoms with Crippen LogP contribution in [0.4, 0.5) is 11.6 Å². The maximum Gasteiger partial charge on any atom is 0.320 e. The van der Waals surface area contributed by atoms with E-state index >= 15 is 0 Å². The first-order valence-corrected chi connectivity index (χ1v) is 11.0. The molecule has 168 valence electrons. The number of hydrogen-bond acceptors (Lipinski definition) is 9. The summed E-state index contributed by atoms with van der Waals surface area (Å²) in [5, 5.41) is 16.6. The number of rotatable bonds is 8. The number of ether oxygens (including phenoxy) is 1. The molecule has 0 atom stereocenters. The van der Waals surface area contributed by atoms with Gasteiger partial charge >= 0.3 is 5.88 Å². The van der Waals surface area contributed by atoms with Crippen molar-refractivity contribution in [3.8, 4) is 0 Å². The fraction of sp³-hybridized carbons (Fsp3) is 0.182. The molecule has 3 aromatic rings. The van der Waals surface area contributed by atoms with Gasteiger partial charge in [-0.25, -0.2) is 9.98 Å². The first-order chi connectivity index (χ1) is 16.1. The average molecular weight is 465 g/mol. The van der Waals surface area contributed by atoms with Gasteiger partial charge in [0.15, 0.2) is 5.17 Å². The number of benzene rings is 1. The van der Waals surface area contributed by atoms with Gasteiger partial charge in [-0.15, -0.1) is 0 Å². The molecule has 3 heterocycles. The summed E-state index contributed by atoms with van der Waals surface area (Å²) in [6, 6.07) is 14.5. The Kier molecular flexibility index (Phi) is 7.22. The van der Waals surface area contributed by atoms with Crippen molar-refractivity contribution in [2.45, 2.75) is 6.54 Å². The van der Waals surface area contributed by atoms with Gasteiger partial charge < -0.3 is 9.84 Å². The minimum atomic E-state index is -0.444. The zero-order chi connectivity index (χ0) is 23.0. The van der Waals surface area contributed by atoms with Gasteiger partial charge in [-0.05, 0) is 40.9 Å². The third-order valence-corrected chi connectivity index (χ3v) is 5.32. The highest BCUT2D eigenvalue weighted by Crippen LogP contribution is 2.29. The van der Waals surface area contributed by atoms with Crippen LogP contribution in [-0.2, 0) is 16.1 Å². The molecule has 4 rings (SSSR count). The molecule has 0 saturated heterocycles. The number of methoxy groups -OCH3 is 1. The summed E-state index contributed by atoms with van der Waals surface area (Å²) in [7, 11) is 1.58. The van der Waals surface area contributed by atoms with Crippen LogP contribution in [0.25, 0.3) is 6.08 Å². The van der Waals surface area contributed by atoms with E-state index < -0.39 is 5.90 Å². The zero-order valence-electron chi connectivity index (χ0n) is 17.7. The Morgan fingerprint density at radius 3 is 2.85 bits per heavy atom. The lowest BCUT2D eigenvalue weighted by Crippen LogP contribution is -2.36. The van der Waals surface area contributed by atoms with Crippen LogP contribution >= 0.6 is 11.8 Å². The van der Waals surface area contributed by atoms with Gasteiger partial charge in [-0.3, -0.25) is 19.2 Å². The van der Waals surface area contributed by atoms with Gasteiger partial charge in [0.05, 0.1) is 11.4 Å². The molecule has 0 bridgehead atoms. The summed E-state index contributed by atoms with van der Waals surface area (Å²) in [5.74, 6) is -0.684. The lowest BCUT2D eigenvalue weighted by Gasteiger charge is -2.18. The van der Waals surface area contributed by atoms with E-state index in [4.69, 9.17) is 9.26 Å². The molecule has 0 unspecified atom stereocenters. The topological polar surface area (TPSA) is 120 Å². The van der Waals surface area contributed by atoms with Crippen LogP contribution in [0.1, 0.15) is 5.69 Å². The van der Waals surface area contributed by atoms with E-state index in [-0.39, 0.29) is 23.2 Å². The molecular weight excluding hydrogens is 444 g/mol. The molecule has 0 aliphatic carbocycles. The highest BCUT2D eigenvalue weighted by Gasteiger charge is 2.31. The fourth-order valence-corrected chi connectivity index (χ4v) is 3.69. The van der Waals surface area contributed by atoms with Gasteiger partial charge in [0.25, 0.3) is 12.1 Å². The highest BCUT2D eigenvalue weighted by molar-refractivity contribution is 8.14. The van der Waals surface area contributed by atoms with Gasteiger partial charge in [-0.2, -0.15) is 0 Å². The van der Waals surface area contributed by atoms with E-state index in [1.165, 1.54) is 15.8 Å². The molecule has 1 aromatic carbocycles. The maximum absolute atomic E-state index is 13.1. The third-order valence-electron chi connectivity index (χ3n) is 4.40. The summed E-state index contributed by atoms with van der Waals surface area (Å²) in [6.07, 6.45) is 4.77. The normalized spacial score (nSPS) is 15.4. The van der Waals surface area contributed by atoms with E-state index in [0.29, 0.717) is 29.7 Å². The number of amides is 1. The van der Waals surface area contributed by atoms with E-state index in [1.54, 1.807) is 43.6 Å². The van der Waals surface area contributed by atoms with Gasteiger partial charge in [0.2, 0.25) is 11.8 Å². The highest BCUT2D eigenvalue weighted by atomic mass is 32.2. The van der Waals surface area contributed by atoms with Crippen molar-refractivity contribution in [1.82, 2.24) is 10.3 Å². The Hall–Kier alpha value is -3.83. The standard InChI is InChI=1S/C22H20N6O4S/c1-31-12-11-27-14-20(32-26-27)25-19(29)15-33-22-24-18(13-16-7-5-6-10-23-16)21(30)28(22)17-8-3-2-4-9-17/h2-10,13-14H,11-12,15H2,1H3/b18-13+.